The van der Waals surface area contributed by atoms with Crippen LogP contribution < -0.4 is 10.6 Å². The molecule has 0 saturated heterocycles. The van der Waals surface area contributed by atoms with Crippen LogP contribution in [0.25, 0.3) is 11.0 Å². The Morgan fingerprint density at radius 1 is 1.07 bits per heavy atom. The van der Waals surface area contributed by atoms with Crippen LogP contribution in [0.5, 0.6) is 0 Å². The first-order chi connectivity index (χ1) is 14.4. The van der Waals surface area contributed by atoms with Gasteiger partial charge in [-0.3, -0.25) is 9.59 Å². The number of alkyl halides is 2. The molecule has 2 amide bonds. The molecule has 10 heteroatoms. The molecule has 7 nitrogen and oxygen atoms in total. The summed E-state index contributed by atoms with van der Waals surface area (Å²) in [5.41, 5.74) is 1.64. The van der Waals surface area contributed by atoms with Crippen molar-refractivity contribution in [2.24, 2.45) is 0 Å². The van der Waals surface area contributed by atoms with Gasteiger partial charge in [0.2, 0.25) is 0 Å². The first kappa shape index (κ1) is 19.6. The van der Waals surface area contributed by atoms with E-state index in [1.807, 2.05) is 0 Å². The minimum atomic E-state index is -2.73. The second-order valence-electron chi connectivity index (χ2n) is 6.23. The zero-order valence-corrected chi connectivity index (χ0v) is 15.8. The summed E-state index contributed by atoms with van der Waals surface area (Å²) in [5, 5.41) is 5.48. The summed E-state index contributed by atoms with van der Waals surface area (Å²) >= 11 is 6.19. The molecule has 2 aromatic carbocycles. The third-order valence-corrected chi connectivity index (χ3v) is 4.50. The highest BCUT2D eigenvalue weighted by molar-refractivity contribution is 6.34. The van der Waals surface area contributed by atoms with E-state index in [4.69, 9.17) is 16.0 Å². The number of imidazole rings is 1. The molecule has 0 aliphatic heterocycles. The number of nitrogens with zero attached hydrogens (tertiary/aromatic N) is 1. The lowest BCUT2D eigenvalue weighted by Crippen LogP contribution is -2.13. The molecule has 0 unspecified atom stereocenters. The number of halogens is 3. The summed E-state index contributed by atoms with van der Waals surface area (Å²) in [6.45, 7) is 0. The molecule has 2 aromatic heterocycles. The van der Waals surface area contributed by atoms with E-state index in [2.05, 4.69) is 20.6 Å². The van der Waals surface area contributed by atoms with E-state index >= 15 is 0 Å². The van der Waals surface area contributed by atoms with Crippen LogP contribution in [0, 0.1) is 0 Å². The lowest BCUT2D eigenvalue weighted by atomic mass is 10.2. The average Bonchev–Trinajstić information content (AvgIpc) is 3.39. The molecular weight excluding hydrogens is 418 g/mol. The smallest absolute Gasteiger partial charge is 0.295 e. The summed E-state index contributed by atoms with van der Waals surface area (Å²) in [4.78, 5) is 30.8. The number of rotatable bonds is 5. The van der Waals surface area contributed by atoms with Gasteiger partial charge in [0.1, 0.15) is 0 Å². The molecule has 0 fully saturated rings. The molecule has 0 aliphatic rings. The number of hydrogen-bond donors (Lipinski definition) is 3. The molecule has 30 heavy (non-hydrogen) atoms. The first-order valence-corrected chi connectivity index (χ1v) is 9.02. The van der Waals surface area contributed by atoms with Crippen molar-refractivity contribution in [2.75, 3.05) is 10.6 Å². The van der Waals surface area contributed by atoms with Gasteiger partial charge in [0.05, 0.1) is 28.0 Å². The fraction of sp³-hybridized carbons (Fsp3) is 0.0500. The summed E-state index contributed by atoms with van der Waals surface area (Å²) in [5.74, 6) is -1.25. The highest BCUT2D eigenvalue weighted by atomic mass is 35.5. The Hall–Kier alpha value is -3.72. The first-order valence-electron chi connectivity index (χ1n) is 8.64. The number of hydrogen-bond acceptors (Lipinski definition) is 4. The highest BCUT2D eigenvalue weighted by Gasteiger charge is 2.15. The molecule has 4 rings (SSSR count). The molecule has 152 valence electrons. The van der Waals surface area contributed by atoms with Crippen molar-refractivity contribution in [3.63, 3.8) is 0 Å². The Bertz CT molecular complexity index is 1240. The molecule has 4 aromatic rings. The van der Waals surface area contributed by atoms with Gasteiger partial charge in [-0.2, -0.15) is 0 Å². The van der Waals surface area contributed by atoms with Crippen LogP contribution in [-0.2, 0) is 0 Å². The predicted molar refractivity (Wildman–Crippen MR) is 107 cm³/mol. The summed E-state index contributed by atoms with van der Waals surface area (Å²) < 4.78 is 30.5. The highest BCUT2D eigenvalue weighted by Crippen LogP contribution is 2.27. The number of carbonyl (C=O) groups is 2. The van der Waals surface area contributed by atoms with Crippen LogP contribution in [0.2, 0.25) is 5.02 Å². The maximum Gasteiger partial charge on any atom is 0.295 e. The van der Waals surface area contributed by atoms with Crippen molar-refractivity contribution < 1.29 is 22.8 Å². The molecule has 0 aliphatic carbocycles. The van der Waals surface area contributed by atoms with Gasteiger partial charge in [-0.05, 0) is 48.5 Å². The number of aromatic amines is 1. The van der Waals surface area contributed by atoms with Crippen LogP contribution >= 0.6 is 11.6 Å². The third-order valence-electron chi connectivity index (χ3n) is 4.19. The predicted octanol–water partition coefficient (Wildman–Crippen LogP) is 5.25. The fourth-order valence-corrected chi connectivity index (χ4v) is 2.99. The largest absolute Gasteiger partial charge is 0.459 e. The molecule has 0 radical (unpaired) electrons. The second-order valence-corrected chi connectivity index (χ2v) is 6.64. The number of furan rings is 1. The Balaban J connectivity index is 1.48. The molecule has 0 atom stereocenters. The lowest BCUT2D eigenvalue weighted by Gasteiger charge is -2.09. The summed E-state index contributed by atoms with van der Waals surface area (Å²) in [7, 11) is 0. The number of carbonyl (C=O) groups excluding carboxylic acids is 2. The SMILES string of the molecule is O=C(Nc1ccc(NC(=O)c2ccco2)c(Cl)c1)c1ccc2nc(C(F)F)[nH]c2c1. The molecular formula is C20H13ClF2N4O3. The van der Waals surface area contributed by atoms with E-state index in [9.17, 15) is 18.4 Å². The summed E-state index contributed by atoms with van der Waals surface area (Å²) in [6, 6.07) is 12.1. The number of H-pyrrole nitrogens is 1. The van der Waals surface area contributed by atoms with Gasteiger partial charge >= 0.3 is 0 Å². The average molecular weight is 431 g/mol. The zero-order chi connectivity index (χ0) is 21.3. The van der Waals surface area contributed by atoms with Crippen LogP contribution in [-0.4, -0.2) is 21.8 Å². The van der Waals surface area contributed by atoms with E-state index in [0.717, 1.165) is 0 Å². The lowest BCUT2D eigenvalue weighted by molar-refractivity contribution is 0.0994. The van der Waals surface area contributed by atoms with E-state index < -0.39 is 24.1 Å². The van der Waals surface area contributed by atoms with Gasteiger partial charge in [0.25, 0.3) is 18.2 Å². The third kappa shape index (κ3) is 4.01. The fourth-order valence-electron chi connectivity index (χ4n) is 2.76. The summed E-state index contributed by atoms with van der Waals surface area (Å²) in [6.07, 6.45) is -1.35. The van der Waals surface area contributed by atoms with Gasteiger partial charge < -0.3 is 20.0 Å². The Morgan fingerprint density at radius 3 is 2.60 bits per heavy atom. The van der Waals surface area contributed by atoms with E-state index in [0.29, 0.717) is 22.4 Å². The van der Waals surface area contributed by atoms with Gasteiger partial charge in [-0.1, -0.05) is 11.6 Å². The van der Waals surface area contributed by atoms with Crippen molar-refractivity contribution in [3.8, 4) is 0 Å². The molecule has 0 spiro atoms. The maximum atomic E-state index is 12.8. The topological polar surface area (TPSA) is 100 Å². The van der Waals surface area contributed by atoms with E-state index in [-0.39, 0.29) is 16.3 Å². The number of nitrogens with one attached hydrogen (secondary N) is 3. The Labute approximate surface area is 173 Å². The van der Waals surface area contributed by atoms with Crippen molar-refractivity contribution in [2.45, 2.75) is 6.43 Å². The van der Waals surface area contributed by atoms with Gasteiger partial charge in [-0.15, -0.1) is 0 Å². The van der Waals surface area contributed by atoms with Crippen molar-refractivity contribution >= 4 is 45.8 Å². The van der Waals surface area contributed by atoms with Gasteiger partial charge in [0.15, 0.2) is 11.6 Å². The number of aromatic nitrogens is 2. The molecule has 3 N–H and O–H groups in total. The van der Waals surface area contributed by atoms with Crippen LogP contribution in [0.4, 0.5) is 20.2 Å². The quantitative estimate of drug-likeness (QED) is 0.402. The second kappa shape index (κ2) is 7.96. The van der Waals surface area contributed by atoms with Crippen molar-refractivity contribution in [1.29, 1.82) is 0 Å². The van der Waals surface area contributed by atoms with Crippen molar-refractivity contribution in [3.05, 3.63) is 77.0 Å². The number of anilines is 2. The standard InChI is InChI=1S/C20H13ClF2N4O3/c21-12-9-11(4-6-13(12)27-20(29)16-2-1-7-30-16)24-19(28)10-3-5-14-15(8-10)26-18(25-14)17(22)23/h1-9,17H,(H,24,28)(H,25,26)(H,27,29). The van der Waals surface area contributed by atoms with Gasteiger partial charge in [0, 0.05) is 11.3 Å². The Kier molecular flexibility index (Phi) is 5.20. The van der Waals surface area contributed by atoms with Crippen molar-refractivity contribution in [1.82, 2.24) is 9.97 Å². The Morgan fingerprint density at radius 2 is 1.90 bits per heavy atom. The normalized spacial score (nSPS) is 11.1. The molecule has 2 heterocycles. The molecule has 0 saturated carbocycles. The molecule has 0 bridgehead atoms. The van der Waals surface area contributed by atoms with E-state index in [1.54, 1.807) is 12.1 Å². The van der Waals surface area contributed by atoms with Crippen LogP contribution in [0.15, 0.2) is 59.2 Å². The number of amides is 2. The minimum Gasteiger partial charge on any atom is -0.459 e. The number of fused-ring (bicyclic) bond motifs is 1. The van der Waals surface area contributed by atoms with Gasteiger partial charge in [-0.25, -0.2) is 13.8 Å². The monoisotopic (exact) mass is 430 g/mol. The maximum absolute atomic E-state index is 12.8. The zero-order valence-electron chi connectivity index (χ0n) is 15.1. The van der Waals surface area contributed by atoms with Crippen LogP contribution in [0.1, 0.15) is 33.2 Å². The minimum absolute atomic E-state index is 0.132. The van der Waals surface area contributed by atoms with Crippen LogP contribution in [0.3, 0.4) is 0 Å². The van der Waals surface area contributed by atoms with E-state index in [1.165, 1.54) is 42.7 Å². The number of benzene rings is 2.